The van der Waals surface area contributed by atoms with Crippen molar-refractivity contribution in [1.82, 2.24) is 5.32 Å². The first-order valence-electron chi connectivity index (χ1n) is 9.33. The summed E-state index contributed by atoms with van der Waals surface area (Å²) in [6.07, 6.45) is 1.74. The molecule has 32 heavy (non-hydrogen) atoms. The number of amidine groups is 1. The van der Waals surface area contributed by atoms with Gasteiger partial charge in [-0.3, -0.25) is 14.9 Å². The molecule has 1 heterocycles. The molecule has 156 valence electrons. The second kappa shape index (κ2) is 9.16. The van der Waals surface area contributed by atoms with Crippen LogP contribution in [0.3, 0.4) is 0 Å². The molecule has 9 heteroatoms. The Morgan fingerprint density at radius 2 is 1.84 bits per heavy atom. The predicted octanol–water partition coefficient (Wildman–Crippen LogP) is 5.15. The third-order valence-corrected chi connectivity index (χ3v) is 5.25. The highest BCUT2D eigenvalue weighted by molar-refractivity contribution is 8.18. The van der Waals surface area contributed by atoms with Crippen LogP contribution in [0.2, 0.25) is 0 Å². The first-order valence-corrected chi connectivity index (χ1v) is 10.1. The number of carbonyl (C=O) groups excluding carboxylic acids is 1. The van der Waals surface area contributed by atoms with Gasteiger partial charge in [0.15, 0.2) is 5.17 Å². The lowest BCUT2D eigenvalue weighted by atomic mass is 10.2. The van der Waals surface area contributed by atoms with Crippen LogP contribution in [0.25, 0.3) is 6.08 Å². The lowest BCUT2D eigenvalue weighted by molar-refractivity contribution is -0.384. The molecule has 0 aromatic heterocycles. The number of nitriles is 1. The van der Waals surface area contributed by atoms with Crippen molar-refractivity contribution in [2.75, 3.05) is 0 Å². The fourth-order valence-corrected chi connectivity index (χ4v) is 3.66. The van der Waals surface area contributed by atoms with Crippen LogP contribution in [0.4, 0.5) is 11.4 Å². The first-order chi connectivity index (χ1) is 15.5. The van der Waals surface area contributed by atoms with E-state index in [0.29, 0.717) is 15.8 Å². The molecule has 0 atom stereocenters. The molecule has 0 bridgehead atoms. The fourth-order valence-electron chi connectivity index (χ4n) is 2.82. The fraction of sp³-hybridized carbons (Fsp3) is 0. The van der Waals surface area contributed by atoms with Crippen LogP contribution < -0.4 is 10.1 Å². The summed E-state index contributed by atoms with van der Waals surface area (Å²) in [6, 6.07) is 22.0. The Labute approximate surface area is 187 Å². The van der Waals surface area contributed by atoms with E-state index in [-0.39, 0.29) is 22.9 Å². The summed E-state index contributed by atoms with van der Waals surface area (Å²) in [7, 11) is 0. The minimum atomic E-state index is -0.569. The summed E-state index contributed by atoms with van der Waals surface area (Å²) in [5.74, 6) is 0.443. The number of aliphatic imine (C=N–C) groups is 1. The molecule has 1 saturated heterocycles. The monoisotopic (exact) mass is 442 g/mol. The van der Waals surface area contributed by atoms with Crippen LogP contribution >= 0.6 is 11.8 Å². The number of para-hydroxylation sites is 1. The number of nitro benzene ring substituents is 1. The number of nitrogens with zero attached hydrogens (tertiary/aromatic N) is 3. The molecular weight excluding hydrogens is 428 g/mol. The second-order valence-electron chi connectivity index (χ2n) is 6.54. The van der Waals surface area contributed by atoms with E-state index in [1.165, 1.54) is 30.0 Å². The summed E-state index contributed by atoms with van der Waals surface area (Å²) >= 11 is 1.25. The average molecular weight is 442 g/mol. The van der Waals surface area contributed by atoms with Crippen LogP contribution in [0.5, 0.6) is 11.5 Å². The maximum atomic E-state index is 12.2. The third-order valence-electron chi connectivity index (χ3n) is 4.34. The van der Waals surface area contributed by atoms with Crippen molar-refractivity contribution in [3.05, 3.63) is 98.9 Å². The Morgan fingerprint density at radius 3 is 2.53 bits per heavy atom. The van der Waals surface area contributed by atoms with E-state index in [2.05, 4.69) is 10.3 Å². The number of benzene rings is 3. The van der Waals surface area contributed by atoms with Gasteiger partial charge in [-0.1, -0.05) is 30.3 Å². The molecule has 1 fully saturated rings. The van der Waals surface area contributed by atoms with Crippen molar-refractivity contribution in [2.45, 2.75) is 0 Å². The number of ether oxygens (including phenoxy) is 1. The number of nitrogens with one attached hydrogen (secondary N) is 1. The van der Waals surface area contributed by atoms with Crippen LogP contribution in [-0.4, -0.2) is 16.0 Å². The molecule has 0 unspecified atom stereocenters. The van der Waals surface area contributed by atoms with Crippen LogP contribution in [0.15, 0.2) is 82.7 Å². The van der Waals surface area contributed by atoms with Gasteiger partial charge in [0.1, 0.15) is 23.1 Å². The topological polar surface area (TPSA) is 118 Å². The van der Waals surface area contributed by atoms with Gasteiger partial charge in [-0.25, -0.2) is 4.99 Å². The molecule has 3 aromatic carbocycles. The molecule has 1 aliphatic heterocycles. The highest BCUT2D eigenvalue weighted by atomic mass is 32.2. The predicted molar refractivity (Wildman–Crippen MR) is 122 cm³/mol. The molecule has 3 aromatic rings. The van der Waals surface area contributed by atoms with E-state index < -0.39 is 4.92 Å². The Balaban J connectivity index is 1.48. The van der Waals surface area contributed by atoms with Gasteiger partial charge in [-0.2, -0.15) is 5.26 Å². The number of nitro groups is 1. The van der Waals surface area contributed by atoms with Crippen molar-refractivity contribution in [3.63, 3.8) is 0 Å². The van der Waals surface area contributed by atoms with Crippen LogP contribution in [0.1, 0.15) is 11.1 Å². The Morgan fingerprint density at radius 1 is 1.09 bits per heavy atom. The van der Waals surface area contributed by atoms with Crippen molar-refractivity contribution in [2.24, 2.45) is 4.99 Å². The van der Waals surface area contributed by atoms with Crippen molar-refractivity contribution < 1.29 is 14.5 Å². The molecule has 1 N–H and O–H groups in total. The van der Waals surface area contributed by atoms with E-state index >= 15 is 0 Å². The molecule has 0 radical (unpaired) electrons. The van der Waals surface area contributed by atoms with E-state index in [1.54, 1.807) is 30.3 Å². The number of rotatable bonds is 5. The second-order valence-corrected chi connectivity index (χ2v) is 7.57. The van der Waals surface area contributed by atoms with Crippen LogP contribution in [-0.2, 0) is 4.79 Å². The van der Waals surface area contributed by atoms with Gasteiger partial charge in [0, 0.05) is 12.1 Å². The minimum absolute atomic E-state index is 0.0645. The number of non-ortho nitro benzene ring substituents is 1. The molecule has 1 amide bonds. The van der Waals surface area contributed by atoms with Crippen LogP contribution in [0, 0.1) is 21.4 Å². The SMILES string of the molecule is N#Cc1cc([N+](=O)[O-])ccc1Oc1ccc(/C=C2\SC(=Nc3ccccc3)NC2=O)cc1. The van der Waals surface area contributed by atoms with Gasteiger partial charge in [0.05, 0.1) is 15.5 Å². The number of amides is 1. The summed E-state index contributed by atoms with van der Waals surface area (Å²) < 4.78 is 5.70. The molecule has 8 nitrogen and oxygen atoms in total. The summed E-state index contributed by atoms with van der Waals surface area (Å²) in [5, 5.41) is 23.4. The van der Waals surface area contributed by atoms with E-state index in [0.717, 1.165) is 11.3 Å². The Bertz CT molecular complexity index is 1300. The van der Waals surface area contributed by atoms with Gasteiger partial charge in [0.2, 0.25) is 0 Å². The largest absolute Gasteiger partial charge is 0.456 e. The highest BCUT2D eigenvalue weighted by Crippen LogP contribution is 2.30. The summed E-state index contributed by atoms with van der Waals surface area (Å²) in [4.78, 5) is 27.5. The zero-order chi connectivity index (χ0) is 22.5. The molecular formula is C23H14N4O4S. The van der Waals surface area contributed by atoms with Gasteiger partial charge < -0.3 is 10.1 Å². The van der Waals surface area contributed by atoms with E-state index in [4.69, 9.17) is 4.74 Å². The molecule has 0 aliphatic carbocycles. The molecule has 0 spiro atoms. The van der Waals surface area contributed by atoms with Gasteiger partial charge >= 0.3 is 0 Å². The molecule has 0 saturated carbocycles. The lowest BCUT2D eigenvalue weighted by Gasteiger charge is -2.07. The zero-order valence-corrected chi connectivity index (χ0v) is 17.2. The van der Waals surface area contributed by atoms with Gasteiger partial charge in [-0.15, -0.1) is 0 Å². The highest BCUT2D eigenvalue weighted by Gasteiger charge is 2.23. The normalized spacial score (nSPS) is 15.4. The quantitative estimate of drug-likeness (QED) is 0.332. The standard InChI is InChI=1S/C23H14N4O4S/c24-14-16-13-18(27(29)30)8-11-20(16)31-19-9-6-15(7-10-19)12-21-22(28)26-23(32-21)25-17-4-2-1-3-5-17/h1-13H,(H,25,26,28)/b21-12-. The number of hydrogen-bond donors (Lipinski definition) is 1. The first kappa shape index (κ1) is 20.8. The van der Waals surface area contributed by atoms with Crippen molar-refractivity contribution in [3.8, 4) is 17.6 Å². The molecule has 1 aliphatic rings. The maximum absolute atomic E-state index is 12.2. The Hall–Kier alpha value is -4.42. The smallest absolute Gasteiger partial charge is 0.271 e. The van der Waals surface area contributed by atoms with Gasteiger partial charge in [-0.05, 0) is 53.7 Å². The number of thioether (sulfide) groups is 1. The van der Waals surface area contributed by atoms with Gasteiger partial charge in [0.25, 0.3) is 11.6 Å². The Kier molecular flexibility index (Phi) is 5.96. The lowest BCUT2D eigenvalue weighted by Crippen LogP contribution is -2.19. The zero-order valence-electron chi connectivity index (χ0n) is 16.4. The maximum Gasteiger partial charge on any atom is 0.271 e. The number of hydrogen-bond acceptors (Lipinski definition) is 7. The van der Waals surface area contributed by atoms with Crippen molar-refractivity contribution in [1.29, 1.82) is 5.26 Å². The summed E-state index contributed by atoms with van der Waals surface area (Å²) in [5.41, 5.74) is 1.41. The van der Waals surface area contributed by atoms with Crippen molar-refractivity contribution >= 4 is 40.3 Å². The van der Waals surface area contributed by atoms with E-state index in [9.17, 15) is 20.2 Å². The third kappa shape index (κ3) is 4.83. The minimum Gasteiger partial charge on any atom is -0.456 e. The summed E-state index contributed by atoms with van der Waals surface area (Å²) in [6.45, 7) is 0. The number of carbonyl (C=O) groups is 1. The molecule has 4 rings (SSSR count). The average Bonchev–Trinajstić information content (AvgIpc) is 3.14. The van der Waals surface area contributed by atoms with E-state index in [1.807, 2.05) is 36.4 Å².